The molecule has 8 aromatic carbocycles. The maximum atomic E-state index is 12.0. The Morgan fingerprint density at radius 2 is 0.705 bits per heavy atom. The summed E-state index contributed by atoms with van der Waals surface area (Å²) in [4.78, 5) is 0. The van der Waals surface area contributed by atoms with Crippen LogP contribution in [0, 0.1) is 13.8 Å². The lowest BCUT2D eigenvalue weighted by Crippen LogP contribution is -2.03. The van der Waals surface area contributed by atoms with Crippen LogP contribution >= 0.6 is 0 Å². The van der Waals surface area contributed by atoms with Gasteiger partial charge < -0.3 is 28.8 Å². The molecule has 10 aromatic rings. The number of hydrogen-bond donors (Lipinski definition) is 2. The molecule has 0 saturated heterocycles. The van der Waals surface area contributed by atoms with Crippen LogP contribution in [0.15, 0.2) is 170 Å². The lowest BCUT2D eigenvalue weighted by molar-refractivity contribution is 0.280. The highest BCUT2D eigenvalue weighted by Gasteiger charge is 2.21. The summed E-state index contributed by atoms with van der Waals surface area (Å²) in [6.07, 6.45) is 2.59. The molecular formula is C55H46N2O4. The minimum atomic E-state index is 0.215. The zero-order valence-electron chi connectivity index (χ0n) is 34.3. The fraction of sp³-hybridized carbons (Fsp3) is 0.127. The Hall–Kier alpha value is -7.44. The number of rotatable bonds is 12. The van der Waals surface area contributed by atoms with Crippen molar-refractivity contribution in [3.8, 4) is 56.6 Å². The molecule has 0 radical (unpaired) electrons. The molecule has 0 bridgehead atoms. The van der Waals surface area contributed by atoms with Crippen molar-refractivity contribution in [1.82, 2.24) is 9.13 Å². The molecule has 2 heterocycles. The molecule has 2 N–H and O–H groups in total. The fourth-order valence-corrected chi connectivity index (χ4v) is 9.01. The first kappa shape index (κ1) is 37.8. The monoisotopic (exact) mass is 798 g/mol. The maximum Gasteiger partial charge on any atom is 0.147 e. The van der Waals surface area contributed by atoms with Crippen molar-refractivity contribution in [2.45, 2.75) is 33.1 Å². The van der Waals surface area contributed by atoms with Gasteiger partial charge in [0.25, 0.3) is 0 Å². The average molecular weight is 799 g/mol. The lowest BCUT2D eigenvalue weighted by Gasteiger charge is -2.18. The zero-order chi connectivity index (χ0) is 41.5. The van der Waals surface area contributed by atoms with E-state index in [1.165, 1.54) is 0 Å². The summed E-state index contributed by atoms with van der Waals surface area (Å²) in [6, 6.07) is 57.4. The summed E-state index contributed by atoms with van der Waals surface area (Å²) in [7, 11) is 0. The van der Waals surface area contributed by atoms with Crippen molar-refractivity contribution in [1.29, 1.82) is 0 Å². The van der Waals surface area contributed by atoms with Crippen molar-refractivity contribution in [3.05, 3.63) is 181 Å². The molecule has 0 saturated carbocycles. The molecule has 10 rings (SSSR count). The third-order valence-corrected chi connectivity index (χ3v) is 11.8. The third kappa shape index (κ3) is 6.80. The van der Waals surface area contributed by atoms with Gasteiger partial charge >= 0.3 is 0 Å². The Morgan fingerprint density at radius 3 is 1.08 bits per heavy atom. The van der Waals surface area contributed by atoms with E-state index in [0.717, 1.165) is 119 Å². The van der Waals surface area contributed by atoms with Crippen LogP contribution in [0.25, 0.3) is 77.2 Å². The van der Waals surface area contributed by atoms with E-state index in [1.807, 2.05) is 84.9 Å². The average Bonchev–Trinajstić information content (AvgIpc) is 3.81. The van der Waals surface area contributed by atoms with E-state index < -0.39 is 0 Å². The van der Waals surface area contributed by atoms with Crippen LogP contribution in [-0.4, -0.2) is 32.6 Å². The lowest BCUT2D eigenvalue weighted by atomic mass is 9.99. The number of aromatic nitrogens is 2. The number of unbranched alkanes of at least 4 members (excludes halogenated alkanes) is 2. The van der Waals surface area contributed by atoms with Crippen molar-refractivity contribution < 1.29 is 19.7 Å². The van der Waals surface area contributed by atoms with Crippen molar-refractivity contribution in [2.24, 2.45) is 0 Å². The third-order valence-electron chi connectivity index (χ3n) is 11.8. The van der Waals surface area contributed by atoms with E-state index in [9.17, 15) is 10.2 Å². The minimum absolute atomic E-state index is 0.215. The number of phenols is 2. The quantitative estimate of drug-likeness (QED) is 0.121. The fourth-order valence-electron chi connectivity index (χ4n) is 9.01. The van der Waals surface area contributed by atoms with Gasteiger partial charge in [-0.1, -0.05) is 109 Å². The van der Waals surface area contributed by atoms with Crippen molar-refractivity contribution in [3.63, 3.8) is 0 Å². The number of aryl methyl sites for hydroxylation is 2. The summed E-state index contributed by atoms with van der Waals surface area (Å²) in [5.41, 5.74) is 10.9. The second kappa shape index (κ2) is 16.0. The van der Waals surface area contributed by atoms with Crippen LogP contribution < -0.4 is 9.47 Å². The van der Waals surface area contributed by atoms with Crippen molar-refractivity contribution >= 4 is 43.6 Å². The van der Waals surface area contributed by atoms with Crippen LogP contribution in [0.5, 0.6) is 23.0 Å². The van der Waals surface area contributed by atoms with Gasteiger partial charge in [-0.3, -0.25) is 0 Å². The number of nitrogens with zero attached hydrogens (tertiary/aromatic N) is 2. The van der Waals surface area contributed by atoms with E-state index in [-0.39, 0.29) is 11.5 Å². The molecule has 2 aromatic heterocycles. The smallest absolute Gasteiger partial charge is 0.147 e. The number of fused-ring (bicyclic) bond motifs is 6. The molecule has 0 atom stereocenters. The highest BCUT2D eigenvalue weighted by molar-refractivity contribution is 6.10. The topological polar surface area (TPSA) is 68.8 Å². The van der Waals surface area contributed by atoms with E-state index in [0.29, 0.717) is 13.2 Å². The number of phenolic OH excluding ortho intramolecular Hbond substituents is 2. The number of benzene rings is 8. The molecule has 0 unspecified atom stereocenters. The zero-order valence-corrected chi connectivity index (χ0v) is 34.3. The highest BCUT2D eigenvalue weighted by Crippen LogP contribution is 2.45. The van der Waals surface area contributed by atoms with Gasteiger partial charge in [-0.15, -0.1) is 0 Å². The first-order valence-corrected chi connectivity index (χ1v) is 21.0. The second-order valence-electron chi connectivity index (χ2n) is 15.8. The Bertz CT molecular complexity index is 2920. The number of hydrogen-bond acceptors (Lipinski definition) is 4. The van der Waals surface area contributed by atoms with E-state index >= 15 is 0 Å². The van der Waals surface area contributed by atoms with Gasteiger partial charge in [-0.05, 0) is 105 Å². The summed E-state index contributed by atoms with van der Waals surface area (Å²) >= 11 is 0. The normalized spacial score (nSPS) is 11.6. The number of aromatic hydroxyl groups is 2. The van der Waals surface area contributed by atoms with E-state index in [4.69, 9.17) is 9.47 Å². The molecule has 0 aliphatic carbocycles. The van der Waals surface area contributed by atoms with E-state index in [2.05, 4.69) is 108 Å². The first-order chi connectivity index (χ1) is 30.0. The Kier molecular flexibility index (Phi) is 9.89. The molecule has 0 amide bonds. The standard InChI is InChI=1S/C55H46N2O4/c1-36-32-44(54(58)50(34-36)56-46-24-10-4-18-38(46)39-19-5-11-25-47(39)56)42-22-8-14-28-52(42)60-30-16-3-17-31-61-53-29-15-9-23-43(53)45-33-37(2)35-51(55(45)59)57-48-26-12-6-20-40(48)41-21-7-13-27-49(41)57/h4-15,18-29,32-35,58-59H,3,16-17,30-31H2,1-2H3. The Balaban J connectivity index is 0.833. The summed E-state index contributed by atoms with van der Waals surface area (Å²) < 4.78 is 17.2. The van der Waals surface area contributed by atoms with Gasteiger partial charge in [-0.2, -0.15) is 0 Å². The van der Waals surface area contributed by atoms with Crippen LogP contribution in [0.1, 0.15) is 30.4 Å². The molecule has 61 heavy (non-hydrogen) atoms. The van der Waals surface area contributed by atoms with Crippen LogP contribution in [-0.2, 0) is 0 Å². The van der Waals surface area contributed by atoms with E-state index in [1.54, 1.807) is 0 Å². The molecule has 300 valence electrons. The maximum absolute atomic E-state index is 12.0. The number of ether oxygens (including phenoxy) is 2. The first-order valence-electron chi connectivity index (χ1n) is 21.0. The Morgan fingerprint density at radius 1 is 0.377 bits per heavy atom. The molecule has 6 nitrogen and oxygen atoms in total. The molecular weight excluding hydrogens is 753 g/mol. The van der Waals surface area contributed by atoms with Gasteiger partial charge in [0.1, 0.15) is 23.0 Å². The molecule has 0 aliphatic heterocycles. The largest absolute Gasteiger partial charge is 0.505 e. The SMILES string of the molecule is Cc1cc(-c2ccccc2OCCCCCOc2ccccc2-c2cc(C)cc(-n3c4ccccc4c4ccccc43)c2O)c(O)c(-n2c3ccccc3c3ccccc32)c1. The molecule has 6 heteroatoms. The van der Waals surface area contributed by atoms with Gasteiger partial charge in [-0.25, -0.2) is 0 Å². The van der Waals surface area contributed by atoms with Gasteiger partial charge in [0.15, 0.2) is 0 Å². The van der Waals surface area contributed by atoms with Crippen LogP contribution in [0.3, 0.4) is 0 Å². The Labute approximate surface area is 355 Å². The van der Waals surface area contributed by atoms with Crippen LogP contribution in [0.2, 0.25) is 0 Å². The molecule has 0 spiro atoms. The summed E-state index contributed by atoms with van der Waals surface area (Å²) in [5.74, 6) is 1.90. The predicted molar refractivity (Wildman–Crippen MR) is 250 cm³/mol. The summed E-state index contributed by atoms with van der Waals surface area (Å²) in [5, 5.41) is 28.6. The summed E-state index contributed by atoms with van der Waals surface area (Å²) in [6.45, 7) is 5.20. The molecule has 0 aliphatic rings. The minimum Gasteiger partial charge on any atom is -0.505 e. The van der Waals surface area contributed by atoms with Gasteiger partial charge in [0, 0.05) is 43.8 Å². The predicted octanol–water partition coefficient (Wildman–Crippen LogP) is 13.9. The van der Waals surface area contributed by atoms with Crippen molar-refractivity contribution in [2.75, 3.05) is 13.2 Å². The van der Waals surface area contributed by atoms with Gasteiger partial charge in [0.05, 0.1) is 46.7 Å². The highest BCUT2D eigenvalue weighted by atomic mass is 16.5. The number of para-hydroxylation sites is 6. The van der Waals surface area contributed by atoms with Crippen LogP contribution in [0.4, 0.5) is 0 Å². The molecule has 0 fully saturated rings. The van der Waals surface area contributed by atoms with Gasteiger partial charge in [0.2, 0.25) is 0 Å². The second-order valence-corrected chi connectivity index (χ2v) is 15.8.